The maximum atomic E-state index is 11.1. The van der Waals surface area contributed by atoms with E-state index in [2.05, 4.69) is 13.0 Å². The Morgan fingerprint density at radius 1 is 1.50 bits per heavy atom. The van der Waals surface area contributed by atoms with Crippen molar-refractivity contribution in [3.63, 3.8) is 0 Å². The second-order valence-corrected chi connectivity index (χ2v) is 3.69. The molecule has 0 unspecified atom stereocenters. The molecular formula is C11H18O. The predicted molar refractivity (Wildman–Crippen MR) is 51.0 cm³/mol. The average Bonchev–Trinajstić information content (AvgIpc) is 2.80. The third-order valence-electron chi connectivity index (χ3n) is 2.31. The minimum Gasteiger partial charge on any atom is -0.295 e. The van der Waals surface area contributed by atoms with Crippen LogP contribution >= 0.6 is 0 Å². The predicted octanol–water partition coefficient (Wildman–Crippen LogP) is 3.10. The van der Waals surface area contributed by atoms with E-state index in [4.69, 9.17) is 0 Å². The van der Waals surface area contributed by atoms with E-state index < -0.39 is 0 Å². The number of carbonyl (C=O) groups excluding carboxylic acids is 1. The molecule has 0 bridgehead atoms. The van der Waals surface area contributed by atoms with Crippen LogP contribution in [0, 0.1) is 5.92 Å². The van der Waals surface area contributed by atoms with Gasteiger partial charge in [-0.05, 0) is 44.1 Å². The lowest BCUT2D eigenvalue weighted by molar-refractivity contribution is -0.113. The Kier molecular flexibility index (Phi) is 3.51. The minimum atomic E-state index is 0.273. The van der Waals surface area contributed by atoms with Gasteiger partial charge in [-0.15, -0.1) is 0 Å². The van der Waals surface area contributed by atoms with Crippen LogP contribution < -0.4 is 0 Å². The van der Waals surface area contributed by atoms with Gasteiger partial charge in [-0.1, -0.05) is 19.4 Å². The van der Waals surface area contributed by atoms with Crippen LogP contribution in [0.15, 0.2) is 11.6 Å². The molecule has 1 fully saturated rings. The first-order valence-corrected chi connectivity index (χ1v) is 4.95. The van der Waals surface area contributed by atoms with Gasteiger partial charge in [-0.2, -0.15) is 0 Å². The smallest absolute Gasteiger partial charge is 0.155 e. The molecule has 0 atom stereocenters. The number of ketones is 1. The quantitative estimate of drug-likeness (QED) is 0.573. The van der Waals surface area contributed by atoms with Gasteiger partial charge in [0.15, 0.2) is 5.78 Å². The molecule has 0 amide bonds. The van der Waals surface area contributed by atoms with Crippen molar-refractivity contribution in [1.82, 2.24) is 0 Å². The third kappa shape index (κ3) is 3.21. The highest BCUT2D eigenvalue weighted by Gasteiger charge is 2.19. The van der Waals surface area contributed by atoms with Gasteiger partial charge < -0.3 is 0 Å². The van der Waals surface area contributed by atoms with E-state index in [1.54, 1.807) is 6.92 Å². The maximum Gasteiger partial charge on any atom is 0.155 e. The number of allylic oxidation sites excluding steroid dienone is 2. The van der Waals surface area contributed by atoms with E-state index >= 15 is 0 Å². The lowest BCUT2D eigenvalue weighted by Crippen LogP contribution is -1.97. The lowest BCUT2D eigenvalue weighted by Gasteiger charge is -2.01. The number of Topliss-reactive ketones (excluding diaryl/α,β-unsaturated/α-hetero) is 1. The molecule has 0 heterocycles. The zero-order valence-corrected chi connectivity index (χ0v) is 8.10. The van der Waals surface area contributed by atoms with Gasteiger partial charge in [-0.25, -0.2) is 0 Å². The van der Waals surface area contributed by atoms with Gasteiger partial charge in [0.05, 0.1) is 0 Å². The van der Waals surface area contributed by atoms with Crippen LogP contribution in [-0.4, -0.2) is 5.78 Å². The van der Waals surface area contributed by atoms with Crippen molar-refractivity contribution in [2.45, 2.75) is 46.0 Å². The Morgan fingerprint density at radius 3 is 2.58 bits per heavy atom. The van der Waals surface area contributed by atoms with E-state index in [-0.39, 0.29) is 5.78 Å². The van der Waals surface area contributed by atoms with Gasteiger partial charge in [0.2, 0.25) is 0 Å². The maximum absolute atomic E-state index is 11.1. The van der Waals surface area contributed by atoms with E-state index in [9.17, 15) is 4.79 Å². The number of carbonyl (C=O) groups is 1. The van der Waals surface area contributed by atoms with Crippen molar-refractivity contribution in [3.05, 3.63) is 11.6 Å². The Bertz CT molecular complexity index is 187. The summed E-state index contributed by atoms with van der Waals surface area (Å²) in [7, 11) is 0. The SMILES string of the molecule is CCCCC(=CC1CC1)C(C)=O. The zero-order chi connectivity index (χ0) is 8.97. The highest BCUT2D eigenvalue weighted by atomic mass is 16.1. The van der Waals surface area contributed by atoms with Gasteiger partial charge in [0, 0.05) is 0 Å². The van der Waals surface area contributed by atoms with Crippen molar-refractivity contribution in [1.29, 1.82) is 0 Å². The molecule has 0 saturated heterocycles. The number of hydrogen-bond acceptors (Lipinski definition) is 1. The van der Waals surface area contributed by atoms with Crippen LogP contribution in [0.2, 0.25) is 0 Å². The fourth-order valence-electron chi connectivity index (χ4n) is 1.29. The molecule has 0 aliphatic heterocycles. The molecular weight excluding hydrogens is 148 g/mol. The monoisotopic (exact) mass is 166 g/mol. The largest absolute Gasteiger partial charge is 0.295 e. The average molecular weight is 166 g/mol. The molecule has 0 N–H and O–H groups in total. The van der Waals surface area contributed by atoms with Crippen molar-refractivity contribution in [2.24, 2.45) is 5.92 Å². The second kappa shape index (κ2) is 4.44. The standard InChI is InChI=1S/C11H18O/c1-3-4-5-11(9(2)12)8-10-6-7-10/h8,10H,3-7H2,1-2H3. The summed E-state index contributed by atoms with van der Waals surface area (Å²) in [6.07, 6.45) is 8.10. The molecule has 0 spiro atoms. The van der Waals surface area contributed by atoms with Crippen molar-refractivity contribution in [2.75, 3.05) is 0 Å². The van der Waals surface area contributed by atoms with Crippen LogP contribution in [0.4, 0.5) is 0 Å². The van der Waals surface area contributed by atoms with Gasteiger partial charge in [0.1, 0.15) is 0 Å². The highest BCUT2D eigenvalue weighted by molar-refractivity contribution is 5.93. The van der Waals surface area contributed by atoms with Gasteiger partial charge >= 0.3 is 0 Å². The first-order chi connectivity index (χ1) is 5.74. The van der Waals surface area contributed by atoms with Crippen molar-refractivity contribution >= 4 is 5.78 Å². The van der Waals surface area contributed by atoms with Crippen molar-refractivity contribution < 1.29 is 4.79 Å². The van der Waals surface area contributed by atoms with E-state index in [1.807, 2.05) is 0 Å². The van der Waals surface area contributed by atoms with Crippen LogP contribution in [0.5, 0.6) is 0 Å². The second-order valence-electron chi connectivity index (χ2n) is 3.69. The van der Waals surface area contributed by atoms with E-state index in [1.165, 1.54) is 19.3 Å². The van der Waals surface area contributed by atoms with E-state index in [0.717, 1.165) is 24.3 Å². The van der Waals surface area contributed by atoms with E-state index in [0.29, 0.717) is 0 Å². The molecule has 0 aromatic rings. The van der Waals surface area contributed by atoms with Crippen LogP contribution in [-0.2, 0) is 4.79 Å². The fraction of sp³-hybridized carbons (Fsp3) is 0.727. The first kappa shape index (κ1) is 9.50. The molecule has 1 aliphatic carbocycles. The molecule has 1 nitrogen and oxygen atoms in total. The number of rotatable bonds is 5. The summed E-state index contributed by atoms with van der Waals surface area (Å²) in [6, 6.07) is 0. The summed E-state index contributed by atoms with van der Waals surface area (Å²) in [4.78, 5) is 11.1. The van der Waals surface area contributed by atoms with Crippen LogP contribution in [0.3, 0.4) is 0 Å². The van der Waals surface area contributed by atoms with Gasteiger partial charge in [0.25, 0.3) is 0 Å². The highest BCUT2D eigenvalue weighted by Crippen LogP contribution is 2.32. The minimum absolute atomic E-state index is 0.273. The molecule has 1 saturated carbocycles. The Morgan fingerprint density at radius 2 is 2.17 bits per heavy atom. The fourth-order valence-corrected chi connectivity index (χ4v) is 1.29. The molecule has 1 heteroatoms. The molecule has 0 radical (unpaired) electrons. The normalized spacial score (nSPS) is 18.0. The number of hydrogen-bond donors (Lipinski definition) is 0. The molecule has 12 heavy (non-hydrogen) atoms. The summed E-state index contributed by atoms with van der Waals surface area (Å²) in [5.74, 6) is 1.01. The molecule has 1 rings (SSSR count). The molecule has 68 valence electrons. The molecule has 1 aliphatic rings. The Balaban J connectivity index is 2.41. The third-order valence-corrected chi connectivity index (χ3v) is 2.31. The lowest BCUT2D eigenvalue weighted by atomic mass is 10.0. The summed E-state index contributed by atoms with van der Waals surface area (Å²) in [5.41, 5.74) is 1.07. The number of unbranched alkanes of at least 4 members (excludes halogenated alkanes) is 1. The molecule has 0 aromatic heterocycles. The summed E-state index contributed by atoms with van der Waals surface area (Å²) >= 11 is 0. The first-order valence-electron chi connectivity index (χ1n) is 4.95. The Labute approximate surface area is 74.9 Å². The summed E-state index contributed by atoms with van der Waals surface area (Å²) < 4.78 is 0. The van der Waals surface area contributed by atoms with Crippen molar-refractivity contribution in [3.8, 4) is 0 Å². The van der Waals surface area contributed by atoms with Crippen LogP contribution in [0.1, 0.15) is 46.0 Å². The summed E-state index contributed by atoms with van der Waals surface area (Å²) in [6.45, 7) is 3.85. The topological polar surface area (TPSA) is 17.1 Å². The molecule has 0 aromatic carbocycles. The van der Waals surface area contributed by atoms with Crippen LogP contribution in [0.25, 0.3) is 0 Å². The summed E-state index contributed by atoms with van der Waals surface area (Å²) in [5, 5.41) is 0. The zero-order valence-electron chi connectivity index (χ0n) is 8.10. The van der Waals surface area contributed by atoms with Gasteiger partial charge in [-0.3, -0.25) is 4.79 Å². The Hall–Kier alpha value is -0.590.